The average molecular weight is 262 g/mol. The number of carbonyl (C=O) groups excluding carboxylic acids is 1. The van der Waals surface area contributed by atoms with E-state index in [9.17, 15) is 13.2 Å². The summed E-state index contributed by atoms with van der Waals surface area (Å²) < 4.78 is 21.9. The van der Waals surface area contributed by atoms with Crippen LogP contribution in [0.5, 0.6) is 0 Å². The van der Waals surface area contributed by atoms with Crippen molar-refractivity contribution in [3.63, 3.8) is 0 Å². The van der Waals surface area contributed by atoms with Crippen LogP contribution < -0.4 is 5.32 Å². The van der Waals surface area contributed by atoms with Gasteiger partial charge in [-0.2, -0.15) is 0 Å². The number of nitrogens with zero attached hydrogens (tertiary/aromatic N) is 1. The standard InChI is InChI=1S/C11H22N2O3S/c1-3-4-6-10-11(14)13(9-12-10)7-5-8-17(2,15)16/h10,12H,3-9H2,1-2H3. The Morgan fingerprint density at radius 2 is 2.12 bits per heavy atom. The monoisotopic (exact) mass is 262 g/mol. The van der Waals surface area contributed by atoms with Crippen LogP contribution in [0.2, 0.25) is 0 Å². The van der Waals surface area contributed by atoms with Crippen molar-refractivity contribution in [1.82, 2.24) is 10.2 Å². The summed E-state index contributed by atoms with van der Waals surface area (Å²) in [7, 11) is -2.92. The fraction of sp³-hybridized carbons (Fsp3) is 0.909. The first-order valence-corrected chi connectivity index (χ1v) is 8.20. The highest BCUT2D eigenvalue weighted by Gasteiger charge is 2.29. The number of hydrogen-bond acceptors (Lipinski definition) is 4. The lowest BCUT2D eigenvalue weighted by Gasteiger charge is -2.14. The molecule has 0 aromatic heterocycles. The summed E-state index contributed by atoms with van der Waals surface area (Å²) in [5.74, 6) is 0.267. The molecule has 0 aromatic carbocycles. The molecule has 1 heterocycles. The molecule has 1 unspecified atom stereocenters. The molecule has 0 radical (unpaired) electrons. The van der Waals surface area contributed by atoms with Gasteiger partial charge in [0, 0.05) is 12.8 Å². The number of amides is 1. The molecule has 1 saturated heterocycles. The maximum atomic E-state index is 11.9. The van der Waals surface area contributed by atoms with E-state index in [0.29, 0.717) is 19.6 Å². The Kier molecular flexibility index (Phi) is 5.39. The van der Waals surface area contributed by atoms with Gasteiger partial charge >= 0.3 is 0 Å². The van der Waals surface area contributed by atoms with E-state index in [1.165, 1.54) is 6.26 Å². The molecule has 0 aliphatic carbocycles. The number of carbonyl (C=O) groups is 1. The molecule has 100 valence electrons. The van der Waals surface area contributed by atoms with Gasteiger partial charge in [-0.3, -0.25) is 10.1 Å². The third kappa shape index (κ3) is 5.04. The number of rotatable bonds is 7. The normalized spacial score (nSPS) is 21.2. The maximum Gasteiger partial charge on any atom is 0.240 e. The van der Waals surface area contributed by atoms with E-state index in [1.54, 1.807) is 4.90 Å². The smallest absolute Gasteiger partial charge is 0.240 e. The van der Waals surface area contributed by atoms with Crippen LogP contribution in [0.1, 0.15) is 32.6 Å². The topological polar surface area (TPSA) is 66.5 Å². The molecule has 1 amide bonds. The molecule has 0 saturated carbocycles. The van der Waals surface area contributed by atoms with Crippen LogP contribution in [-0.2, 0) is 14.6 Å². The van der Waals surface area contributed by atoms with Gasteiger partial charge < -0.3 is 4.90 Å². The highest BCUT2D eigenvalue weighted by molar-refractivity contribution is 7.90. The summed E-state index contributed by atoms with van der Waals surface area (Å²) in [5.41, 5.74) is 0. The van der Waals surface area contributed by atoms with E-state index in [4.69, 9.17) is 0 Å². The quantitative estimate of drug-likeness (QED) is 0.720. The maximum absolute atomic E-state index is 11.9. The van der Waals surface area contributed by atoms with Gasteiger partial charge in [-0.15, -0.1) is 0 Å². The van der Waals surface area contributed by atoms with Crippen LogP contribution >= 0.6 is 0 Å². The van der Waals surface area contributed by atoms with Crippen molar-refractivity contribution in [3.05, 3.63) is 0 Å². The molecule has 1 aliphatic rings. The number of sulfone groups is 1. The third-order valence-corrected chi connectivity index (χ3v) is 3.96. The summed E-state index contributed by atoms with van der Waals surface area (Å²) in [6.07, 6.45) is 4.74. The lowest BCUT2D eigenvalue weighted by molar-refractivity contribution is -0.129. The van der Waals surface area contributed by atoms with Gasteiger partial charge in [-0.1, -0.05) is 19.8 Å². The van der Waals surface area contributed by atoms with Crippen molar-refractivity contribution in [2.45, 2.75) is 38.6 Å². The van der Waals surface area contributed by atoms with Gasteiger partial charge in [0.1, 0.15) is 9.84 Å². The molecule has 1 aliphatic heterocycles. The SMILES string of the molecule is CCCCC1NCN(CCCS(C)(=O)=O)C1=O. The summed E-state index contributed by atoms with van der Waals surface area (Å²) in [4.78, 5) is 13.6. The minimum Gasteiger partial charge on any atom is -0.329 e. The van der Waals surface area contributed by atoms with Crippen LogP contribution in [0.3, 0.4) is 0 Å². The fourth-order valence-corrected chi connectivity index (χ4v) is 2.60. The highest BCUT2D eigenvalue weighted by Crippen LogP contribution is 2.10. The Morgan fingerprint density at radius 1 is 1.41 bits per heavy atom. The molecule has 1 atom stereocenters. The average Bonchev–Trinajstić information content (AvgIpc) is 2.56. The zero-order valence-electron chi connectivity index (χ0n) is 10.6. The molecular formula is C11H22N2O3S. The zero-order valence-corrected chi connectivity index (χ0v) is 11.4. The Morgan fingerprint density at radius 3 is 2.71 bits per heavy atom. The van der Waals surface area contributed by atoms with Gasteiger partial charge in [0.15, 0.2) is 0 Å². The Labute approximate surface area is 103 Å². The van der Waals surface area contributed by atoms with Crippen molar-refractivity contribution in [2.75, 3.05) is 25.2 Å². The number of unbranched alkanes of at least 4 members (excludes halogenated alkanes) is 1. The van der Waals surface area contributed by atoms with Crippen LogP contribution in [0.15, 0.2) is 0 Å². The minimum atomic E-state index is -2.92. The minimum absolute atomic E-state index is 0.0619. The van der Waals surface area contributed by atoms with Crippen molar-refractivity contribution < 1.29 is 13.2 Å². The van der Waals surface area contributed by atoms with Gasteiger partial charge in [-0.05, 0) is 12.8 Å². The summed E-state index contributed by atoms with van der Waals surface area (Å²) in [5, 5.41) is 3.17. The van der Waals surface area contributed by atoms with Gasteiger partial charge in [0.05, 0.1) is 18.5 Å². The molecule has 1 N–H and O–H groups in total. The predicted molar refractivity (Wildman–Crippen MR) is 67.4 cm³/mol. The number of hydrogen-bond donors (Lipinski definition) is 1. The van der Waals surface area contributed by atoms with E-state index < -0.39 is 9.84 Å². The highest BCUT2D eigenvalue weighted by atomic mass is 32.2. The molecule has 0 bridgehead atoms. The van der Waals surface area contributed by atoms with Crippen molar-refractivity contribution in [2.24, 2.45) is 0 Å². The van der Waals surface area contributed by atoms with Crippen LogP contribution in [-0.4, -0.2) is 50.5 Å². The van der Waals surface area contributed by atoms with E-state index in [-0.39, 0.29) is 17.7 Å². The molecule has 0 aromatic rings. The van der Waals surface area contributed by atoms with Crippen LogP contribution in [0.25, 0.3) is 0 Å². The predicted octanol–water partition coefficient (Wildman–Crippen LogP) is 0.369. The Bertz CT molecular complexity index is 354. The van der Waals surface area contributed by atoms with E-state index >= 15 is 0 Å². The summed E-state index contributed by atoms with van der Waals surface area (Å²) >= 11 is 0. The van der Waals surface area contributed by atoms with E-state index in [1.807, 2.05) is 0 Å². The molecule has 6 heteroatoms. The van der Waals surface area contributed by atoms with Gasteiger partial charge in [0.25, 0.3) is 0 Å². The summed E-state index contributed by atoms with van der Waals surface area (Å²) in [6, 6.07) is -0.0619. The third-order valence-electron chi connectivity index (χ3n) is 2.93. The Balaban J connectivity index is 2.30. The summed E-state index contributed by atoms with van der Waals surface area (Å²) in [6.45, 7) is 3.18. The molecule has 17 heavy (non-hydrogen) atoms. The van der Waals surface area contributed by atoms with Crippen LogP contribution in [0.4, 0.5) is 0 Å². The van der Waals surface area contributed by atoms with Crippen molar-refractivity contribution in [3.8, 4) is 0 Å². The van der Waals surface area contributed by atoms with Crippen molar-refractivity contribution in [1.29, 1.82) is 0 Å². The fourth-order valence-electron chi connectivity index (χ4n) is 1.95. The molecule has 1 fully saturated rings. The molecule has 5 nitrogen and oxygen atoms in total. The van der Waals surface area contributed by atoms with E-state index in [2.05, 4.69) is 12.2 Å². The lowest BCUT2D eigenvalue weighted by atomic mass is 10.1. The second kappa shape index (κ2) is 6.35. The molecule has 1 rings (SSSR count). The zero-order chi connectivity index (χ0) is 12.9. The molecule has 0 spiro atoms. The van der Waals surface area contributed by atoms with Gasteiger partial charge in [0.2, 0.25) is 5.91 Å². The first-order chi connectivity index (χ1) is 7.94. The lowest BCUT2D eigenvalue weighted by Crippen LogP contribution is -2.31. The first-order valence-electron chi connectivity index (χ1n) is 6.14. The van der Waals surface area contributed by atoms with E-state index in [0.717, 1.165) is 19.3 Å². The second-order valence-electron chi connectivity index (χ2n) is 4.64. The second-order valence-corrected chi connectivity index (χ2v) is 6.90. The van der Waals surface area contributed by atoms with Gasteiger partial charge in [-0.25, -0.2) is 8.42 Å². The van der Waals surface area contributed by atoms with Crippen molar-refractivity contribution >= 4 is 15.7 Å². The first kappa shape index (κ1) is 14.4. The Hall–Kier alpha value is -0.620. The van der Waals surface area contributed by atoms with Crippen LogP contribution in [0, 0.1) is 0 Å². The largest absolute Gasteiger partial charge is 0.329 e. The number of nitrogens with one attached hydrogen (secondary N) is 1. The molecular weight excluding hydrogens is 240 g/mol.